The van der Waals surface area contributed by atoms with Crippen LogP contribution in [-0.4, -0.2) is 66.5 Å². The summed E-state index contributed by atoms with van der Waals surface area (Å²) < 4.78 is 0. The van der Waals surface area contributed by atoms with Crippen LogP contribution in [0.25, 0.3) is 12.2 Å². The van der Waals surface area contributed by atoms with E-state index in [-0.39, 0.29) is 23.2 Å². The maximum atomic E-state index is 13.1. The van der Waals surface area contributed by atoms with Gasteiger partial charge in [0.15, 0.2) is 0 Å². The van der Waals surface area contributed by atoms with Gasteiger partial charge in [0, 0.05) is 23.9 Å². The van der Waals surface area contributed by atoms with E-state index in [1.54, 1.807) is 0 Å². The van der Waals surface area contributed by atoms with Crippen LogP contribution >= 0.6 is 12.4 Å². The number of amides is 2. The first-order valence-electron chi connectivity index (χ1n) is 16.3. The Hall–Kier alpha value is -3.26. The predicted molar refractivity (Wildman–Crippen MR) is 193 cm³/mol. The lowest BCUT2D eigenvalue weighted by molar-refractivity contribution is 0.186. The molecule has 0 unspecified atom stereocenters. The van der Waals surface area contributed by atoms with Crippen molar-refractivity contribution in [3.05, 3.63) is 83.9 Å². The average Bonchev–Trinajstić information content (AvgIpc) is 3.02. The molecule has 0 atom stereocenters. The number of benzene rings is 2. The van der Waals surface area contributed by atoms with E-state index < -0.39 is 6.03 Å². The lowest BCUT2D eigenvalue weighted by Gasteiger charge is -2.35. The second-order valence-electron chi connectivity index (χ2n) is 13.5. The van der Waals surface area contributed by atoms with Gasteiger partial charge in [-0.25, -0.2) is 15.6 Å². The lowest BCUT2D eigenvalue weighted by atomic mass is 9.85. The van der Waals surface area contributed by atoms with Gasteiger partial charge in [0.25, 0.3) is 0 Å². The third-order valence-electron chi connectivity index (χ3n) is 8.54. The minimum atomic E-state index is -0.455. The highest BCUT2D eigenvalue weighted by molar-refractivity contribution is 6.03. The smallest absolute Gasteiger partial charge is 0.302 e. The molecule has 45 heavy (non-hydrogen) atoms. The van der Waals surface area contributed by atoms with Crippen molar-refractivity contribution in [3.63, 3.8) is 0 Å². The molecule has 2 aliphatic rings. The Morgan fingerprint density at radius 1 is 0.644 bits per heavy atom. The van der Waals surface area contributed by atoms with Gasteiger partial charge < -0.3 is 9.80 Å². The van der Waals surface area contributed by atoms with Gasteiger partial charge in [-0.05, 0) is 75.1 Å². The zero-order chi connectivity index (χ0) is 31.3. The molecule has 0 aliphatic carbocycles. The topological polar surface area (TPSA) is 72.3 Å². The second kappa shape index (κ2) is 18.0. The van der Waals surface area contributed by atoms with Crippen LogP contribution < -0.4 is 10.9 Å². The van der Waals surface area contributed by atoms with E-state index in [9.17, 15) is 4.79 Å². The van der Waals surface area contributed by atoms with Crippen molar-refractivity contribution in [1.29, 1.82) is 0 Å². The maximum absolute atomic E-state index is 13.1. The van der Waals surface area contributed by atoms with Crippen molar-refractivity contribution >= 4 is 42.0 Å². The Balaban J connectivity index is 0.00000552. The number of hydrazone groups is 2. The van der Waals surface area contributed by atoms with E-state index in [4.69, 9.17) is 0 Å². The second-order valence-corrected chi connectivity index (χ2v) is 13.5. The summed E-state index contributed by atoms with van der Waals surface area (Å²) in [6.45, 7) is 15.0. The van der Waals surface area contributed by atoms with Gasteiger partial charge in [-0.1, -0.05) is 113 Å². The molecule has 0 aromatic heterocycles. The van der Waals surface area contributed by atoms with E-state index in [1.165, 1.54) is 38.5 Å². The first-order valence-corrected chi connectivity index (χ1v) is 16.3. The fraction of sp³-hybridized carbons (Fsp3) is 0.486. The Bertz CT molecular complexity index is 1190. The highest BCUT2D eigenvalue weighted by Crippen LogP contribution is 2.25. The van der Waals surface area contributed by atoms with Crippen LogP contribution in [0, 0.1) is 10.8 Å². The number of urea groups is 1. The summed E-state index contributed by atoms with van der Waals surface area (Å²) in [6.07, 6.45) is 15.7. The molecule has 2 heterocycles. The number of hydrogen-bond acceptors (Lipinski definition) is 5. The van der Waals surface area contributed by atoms with E-state index >= 15 is 0 Å². The van der Waals surface area contributed by atoms with Crippen molar-refractivity contribution in [2.45, 2.75) is 66.2 Å². The molecule has 4 rings (SSSR count). The molecule has 244 valence electrons. The number of carbonyl (C=O) groups excluding carboxylic acids is 1. The Morgan fingerprint density at radius 2 is 1.00 bits per heavy atom. The van der Waals surface area contributed by atoms with Crippen LogP contribution in [0.15, 0.2) is 83.0 Å². The summed E-state index contributed by atoms with van der Waals surface area (Å²) in [5.41, 5.74) is 8.80. The fourth-order valence-electron chi connectivity index (χ4n) is 6.07. The minimum absolute atomic E-state index is 0. The molecule has 2 aliphatic heterocycles. The van der Waals surface area contributed by atoms with E-state index in [2.05, 4.69) is 95.0 Å². The van der Waals surface area contributed by atoms with Crippen molar-refractivity contribution in [2.24, 2.45) is 21.0 Å². The number of rotatable bonds is 12. The van der Waals surface area contributed by atoms with Crippen LogP contribution in [0.5, 0.6) is 0 Å². The molecule has 0 saturated carbocycles. The lowest BCUT2D eigenvalue weighted by Crippen LogP contribution is -2.43. The molecule has 2 aromatic carbocycles. The summed E-state index contributed by atoms with van der Waals surface area (Å²) in [5, 5.41) is 9.30. The van der Waals surface area contributed by atoms with Gasteiger partial charge in [-0.3, -0.25) is 0 Å². The summed E-state index contributed by atoms with van der Waals surface area (Å²) in [4.78, 5) is 18.1. The summed E-state index contributed by atoms with van der Waals surface area (Å²) >= 11 is 0. The predicted octanol–water partition coefficient (Wildman–Crippen LogP) is 7.87. The average molecular weight is 633 g/mol. The standard InChI is InChI=1S/C37H52N6O.ClH/c1-36(2,29-42-25-13-7-14-26-42)33(23-21-31-17-9-5-10-18-31)38-40-35(44)41-39-34(24-22-32-19-11-6-12-20-32)37(3,4)30-43-27-15-8-16-28-43;/h5-6,9-12,17-24H,7-8,13-16,25-30H2,1-4H3,(H2,40,41,44);1H/b23-21?,24-22?,38-33-,39-34-;. The molecular formula is C37H53ClN6O. The molecular weight excluding hydrogens is 580 g/mol. The number of nitrogens with zero attached hydrogens (tertiary/aromatic N) is 4. The normalized spacial score (nSPS) is 17.8. The third-order valence-corrected chi connectivity index (χ3v) is 8.54. The monoisotopic (exact) mass is 632 g/mol. The number of carbonyl (C=O) groups is 1. The Kier molecular flexibility index (Phi) is 14.5. The summed E-state index contributed by atoms with van der Waals surface area (Å²) in [5.74, 6) is 0. The molecule has 2 N–H and O–H groups in total. The Labute approximate surface area is 277 Å². The molecule has 7 nitrogen and oxygen atoms in total. The zero-order valence-corrected chi connectivity index (χ0v) is 28.5. The van der Waals surface area contributed by atoms with Crippen molar-refractivity contribution in [1.82, 2.24) is 20.7 Å². The number of halogens is 1. The molecule has 0 radical (unpaired) electrons. The van der Waals surface area contributed by atoms with Gasteiger partial charge in [0.05, 0.1) is 11.4 Å². The van der Waals surface area contributed by atoms with E-state index in [0.717, 1.165) is 61.8 Å². The fourth-order valence-corrected chi connectivity index (χ4v) is 6.07. The molecule has 0 bridgehead atoms. The highest BCUT2D eigenvalue weighted by atomic mass is 35.5. The minimum Gasteiger partial charge on any atom is -0.302 e. The van der Waals surface area contributed by atoms with Crippen LogP contribution in [0.1, 0.15) is 77.3 Å². The highest BCUT2D eigenvalue weighted by Gasteiger charge is 2.29. The molecule has 2 saturated heterocycles. The summed E-state index contributed by atoms with van der Waals surface area (Å²) in [7, 11) is 0. The molecule has 2 fully saturated rings. The van der Waals surface area contributed by atoms with Gasteiger partial charge >= 0.3 is 6.03 Å². The molecule has 8 heteroatoms. The van der Waals surface area contributed by atoms with Crippen molar-refractivity contribution in [2.75, 3.05) is 39.3 Å². The largest absolute Gasteiger partial charge is 0.355 e. The van der Waals surface area contributed by atoms with Gasteiger partial charge in [0.1, 0.15) is 0 Å². The number of allylic oxidation sites excluding steroid dienone is 2. The molecule has 2 amide bonds. The van der Waals surface area contributed by atoms with Gasteiger partial charge in [-0.2, -0.15) is 10.2 Å². The SMILES string of the molecule is CC(C)(CN1CCCCC1)/C(C=Cc1ccccc1)=N\NC(=O)N/N=C(/C=Cc1ccccc1)C(C)(C)CN1CCCCC1.Cl. The quantitative estimate of drug-likeness (QED) is 0.185. The van der Waals surface area contributed by atoms with Crippen molar-refractivity contribution < 1.29 is 4.79 Å². The number of nitrogens with one attached hydrogen (secondary N) is 2. The summed E-state index contributed by atoms with van der Waals surface area (Å²) in [6, 6.07) is 19.9. The Morgan fingerprint density at radius 3 is 1.36 bits per heavy atom. The van der Waals surface area contributed by atoms with E-state index in [1.807, 2.05) is 48.6 Å². The van der Waals surface area contributed by atoms with Crippen molar-refractivity contribution in [3.8, 4) is 0 Å². The third kappa shape index (κ3) is 12.2. The van der Waals surface area contributed by atoms with Crippen LogP contribution in [0.3, 0.4) is 0 Å². The first kappa shape index (κ1) is 36.2. The molecule has 0 spiro atoms. The number of piperidine rings is 2. The van der Waals surface area contributed by atoms with Gasteiger partial charge in [0.2, 0.25) is 0 Å². The zero-order valence-electron chi connectivity index (χ0n) is 27.7. The van der Waals surface area contributed by atoms with Crippen LogP contribution in [-0.2, 0) is 0 Å². The first-order chi connectivity index (χ1) is 21.2. The number of likely N-dealkylation sites (tertiary alicyclic amines) is 2. The van der Waals surface area contributed by atoms with Crippen LogP contribution in [0.2, 0.25) is 0 Å². The maximum Gasteiger partial charge on any atom is 0.355 e. The molecule has 2 aromatic rings. The van der Waals surface area contributed by atoms with E-state index in [0.29, 0.717) is 0 Å². The van der Waals surface area contributed by atoms with Gasteiger partial charge in [-0.15, -0.1) is 12.4 Å². The number of hydrogen-bond donors (Lipinski definition) is 2. The van der Waals surface area contributed by atoms with Crippen LogP contribution in [0.4, 0.5) is 4.79 Å².